The van der Waals surface area contributed by atoms with E-state index in [-0.39, 0.29) is 11.9 Å². The number of ether oxygens (including phenoxy) is 3. The average Bonchev–Trinajstić information content (AvgIpc) is 2.70. The van der Waals surface area contributed by atoms with Gasteiger partial charge < -0.3 is 14.2 Å². The zero-order chi connectivity index (χ0) is 20.5. The maximum atomic E-state index is 11.9. The lowest BCUT2D eigenvalue weighted by Gasteiger charge is -2.08. The van der Waals surface area contributed by atoms with E-state index in [0.717, 1.165) is 25.7 Å². The lowest BCUT2D eigenvalue weighted by Crippen LogP contribution is -2.09. The molecule has 0 aliphatic carbocycles. The zero-order valence-electron chi connectivity index (χ0n) is 17.5. The van der Waals surface area contributed by atoms with Crippen LogP contribution in [0.25, 0.3) is 0 Å². The molecule has 1 aromatic carbocycles. The molecule has 0 aromatic heterocycles. The van der Waals surface area contributed by atoms with Gasteiger partial charge in [0.05, 0.1) is 13.7 Å². The summed E-state index contributed by atoms with van der Waals surface area (Å²) in [5, 5.41) is 0. The van der Waals surface area contributed by atoms with Crippen molar-refractivity contribution in [2.24, 2.45) is 0 Å². The minimum atomic E-state index is -0.286. The Kier molecular flexibility index (Phi) is 13.7. The van der Waals surface area contributed by atoms with Crippen LogP contribution in [0.2, 0.25) is 0 Å². The topological polar surface area (TPSA) is 61.8 Å². The number of methoxy groups -OCH3 is 1. The molecular weight excluding hydrogens is 356 g/mol. The lowest BCUT2D eigenvalue weighted by atomic mass is 10.1. The highest BCUT2D eigenvalue weighted by atomic mass is 16.6. The van der Waals surface area contributed by atoms with Gasteiger partial charge in [0.25, 0.3) is 0 Å². The lowest BCUT2D eigenvalue weighted by molar-refractivity contribution is -0.143. The molecule has 0 fully saturated rings. The molecular formula is C23H36O5. The van der Waals surface area contributed by atoms with Crippen LogP contribution in [-0.2, 0) is 14.3 Å². The minimum absolute atomic E-state index is 0.136. The Balaban J connectivity index is 1.98. The van der Waals surface area contributed by atoms with Gasteiger partial charge >= 0.3 is 11.9 Å². The smallest absolute Gasteiger partial charge is 0.311 e. The van der Waals surface area contributed by atoms with Crippen LogP contribution in [0.1, 0.15) is 84.0 Å². The molecule has 158 valence electrons. The summed E-state index contributed by atoms with van der Waals surface area (Å²) in [4.78, 5) is 23.6. The molecule has 0 unspecified atom stereocenters. The van der Waals surface area contributed by atoms with Gasteiger partial charge in [-0.3, -0.25) is 9.59 Å². The normalized spacial score (nSPS) is 10.5. The van der Waals surface area contributed by atoms with Crippen molar-refractivity contribution in [3.63, 3.8) is 0 Å². The van der Waals surface area contributed by atoms with Gasteiger partial charge in [0.2, 0.25) is 0 Å². The van der Waals surface area contributed by atoms with Crippen LogP contribution >= 0.6 is 0 Å². The van der Waals surface area contributed by atoms with E-state index >= 15 is 0 Å². The summed E-state index contributed by atoms with van der Waals surface area (Å²) in [6, 6.07) is 7.07. The molecule has 0 bridgehead atoms. The van der Waals surface area contributed by atoms with E-state index < -0.39 is 0 Å². The van der Waals surface area contributed by atoms with Gasteiger partial charge in [-0.05, 0) is 31.4 Å². The highest BCUT2D eigenvalue weighted by Crippen LogP contribution is 2.26. The number of benzene rings is 1. The number of hydrogen-bond acceptors (Lipinski definition) is 5. The average molecular weight is 393 g/mol. The number of hydrogen-bond donors (Lipinski definition) is 0. The van der Waals surface area contributed by atoms with Crippen LogP contribution < -0.4 is 9.47 Å². The third-order valence-corrected chi connectivity index (χ3v) is 4.57. The van der Waals surface area contributed by atoms with Crippen molar-refractivity contribution in [2.75, 3.05) is 13.7 Å². The SMILES string of the molecule is CCCCCCCCCOC(=O)CCCCCC(=O)Oc1ccccc1OC. The highest BCUT2D eigenvalue weighted by Gasteiger charge is 2.09. The summed E-state index contributed by atoms with van der Waals surface area (Å²) in [5.41, 5.74) is 0. The van der Waals surface area contributed by atoms with Crippen LogP contribution in [0.15, 0.2) is 24.3 Å². The standard InChI is InChI=1S/C23H36O5/c1-3-4-5-6-7-8-14-19-27-22(24)17-10-9-11-18-23(25)28-21-16-13-12-15-20(21)26-2/h12-13,15-16H,3-11,14,17-19H2,1-2H3. The van der Waals surface area contributed by atoms with E-state index in [4.69, 9.17) is 14.2 Å². The number of rotatable bonds is 16. The van der Waals surface area contributed by atoms with Crippen LogP contribution in [0.4, 0.5) is 0 Å². The van der Waals surface area contributed by atoms with Crippen molar-refractivity contribution in [3.8, 4) is 11.5 Å². The van der Waals surface area contributed by atoms with E-state index in [0.29, 0.717) is 37.4 Å². The molecule has 5 heteroatoms. The van der Waals surface area contributed by atoms with Gasteiger partial charge in [0.1, 0.15) is 0 Å². The Bertz CT molecular complexity index is 556. The van der Waals surface area contributed by atoms with Crippen LogP contribution in [0.3, 0.4) is 0 Å². The van der Waals surface area contributed by atoms with Crippen LogP contribution in [-0.4, -0.2) is 25.7 Å². The summed E-state index contributed by atoms with van der Waals surface area (Å²) >= 11 is 0. The monoisotopic (exact) mass is 392 g/mol. The summed E-state index contributed by atoms with van der Waals surface area (Å²) in [5.74, 6) is 0.553. The van der Waals surface area contributed by atoms with Crippen molar-refractivity contribution >= 4 is 11.9 Å². The first kappa shape index (κ1) is 24.0. The molecule has 28 heavy (non-hydrogen) atoms. The second kappa shape index (κ2) is 16.0. The fourth-order valence-corrected chi connectivity index (χ4v) is 2.91. The van der Waals surface area contributed by atoms with Crippen molar-refractivity contribution in [1.29, 1.82) is 0 Å². The van der Waals surface area contributed by atoms with Crippen LogP contribution in [0.5, 0.6) is 11.5 Å². The van der Waals surface area contributed by atoms with Crippen molar-refractivity contribution < 1.29 is 23.8 Å². The predicted molar refractivity (Wildman–Crippen MR) is 111 cm³/mol. The van der Waals surface area contributed by atoms with Crippen molar-refractivity contribution in [2.45, 2.75) is 84.0 Å². The first-order valence-corrected chi connectivity index (χ1v) is 10.7. The van der Waals surface area contributed by atoms with Gasteiger partial charge in [-0.15, -0.1) is 0 Å². The van der Waals surface area contributed by atoms with Gasteiger partial charge in [-0.25, -0.2) is 0 Å². The Labute approximate surface area is 169 Å². The van der Waals surface area contributed by atoms with Gasteiger partial charge in [0, 0.05) is 12.8 Å². The molecule has 1 rings (SSSR count). The Morgan fingerprint density at radius 1 is 0.750 bits per heavy atom. The first-order valence-electron chi connectivity index (χ1n) is 10.7. The maximum absolute atomic E-state index is 11.9. The molecule has 0 aliphatic heterocycles. The third kappa shape index (κ3) is 11.6. The quantitative estimate of drug-likeness (QED) is 0.201. The van der Waals surface area contributed by atoms with Gasteiger partial charge in [0.15, 0.2) is 11.5 Å². The summed E-state index contributed by atoms with van der Waals surface area (Å²) in [6.07, 6.45) is 11.4. The number of carbonyl (C=O) groups excluding carboxylic acids is 2. The third-order valence-electron chi connectivity index (χ3n) is 4.57. The molecule has 0 amide bonds. The second-order valence-corrected chi connectivity index (χ2v) is 7.03. The molecule has 0 N–H and O–H groups in total. The Hall–Kier alpha value is -2.04. The predicted octanol–water partition coefficient (Wildman–Crippen LogP) is 5.84. The van der Waals surface area contributed by atoms with E-state index in [2.05, 4.69) is 6.92 Å². The fraction of sp³-hybridized carbons (Fsp3) is 0.652. The van der Waals surface area contributed by atoms with E-state index in [1.54, 1.807) is 25.3 Å². The number of para-hydroxylation sites is 2. The summed E-state index contributed by atoms with van der Waals surface area (Å²) in [7, 11) is 1.54. The molecule has 0 atom stereocenters. The van der Waals surface area contributed by atoms with Gasteiger partial charge in [-0.2, -0.15) is 0 Å². The summed E-state index contributed by atoms with van der Waals surface area (Å²) < 4.78 is 15.7. The summed E-state index contributed by atoms with van der Waals surface area (Å²) in [6.45, 7) is 2.74. The fourth-order valence-electron chi connectivity index (χ4n) is 2.91. The van der Waals surface area contributed by atoms with Crippen molar-refractivity contribution in [3.05, 3.63) is 24.3 Å². The van der Waals surface area contributed by atoms with E-state index in [9.17, 15) is 9.59 Å². The zero-order valence-corrected chi connectivity index (χ0v) is 17.5. The molecule has 0 aliphatic rings. The Morgan fingerprint density at radius 3 is 2.00 bits per heavy atom. The first-order chi connectivity index (χ1) is 13.7. The molecule has 1 aromatic rings. The molecule has 0 saturated carbocycles. The number of carbonyl (C=O) groups is 2. The van der Waals surface area contributed by atoms with E-state index in [1.807, 2.05) is 6.07 Å². The maximum Gasteiger partial charge on any atom is 0.311 e. The minimum Gasteiger partial charge on any atom is -0.493 e. The Morgan fingerprint density at radius 2 is 1.32 bits per heavy atom. The van der Waals surface area contributed by atoms with E-state index in [1.165, 1.54) is 32.1 Å². The molecule has 0 spiro atoms. The molecule has 0 heterocycles. The molecule has 0 radical (unpaired) electrons. The number of esters is 2. The largest absolute Gasteiger partial charge is 0.493 e. The highest BCUT2D eigenvalue weighted by molar-refractivity contribution is 5.73. The van der Waals surface area contributed by atoms with Gasteiger partial charge in [-0.1, -0.05) is 64.0 Å². The van der Waals surface area contributed by atoms with Crippen LogP contribution in [0, 0.1) is 0 Å². The molecule has 5 nitrogen and oxygen atoms in total. The second-order valence-electron chi connectivity index (χ2n) is 7.03. The molecule has 0 saturated heterocycles. The van der Waals surface area contributed by atoms with Crippen molar-refractivity contribution in [1.82, 2.24) is 0 Å². The number of unbranched alkanes of at least 4 members (excludes halogenated alkanes) is 8.